The molecule has 3 heterocycles. The molecular formula is C30H32F2N6O2. The first-order valence-electron chi connectivity index (χ1n) is 13.9. The minimum Gasteiger partial charge on any atom is -0.352 e. The molecule has 3 N–H and O–H groups in total. The van der Waals surface area contributed by atoms with E-state index in [9.17, 15) is 18.4 Å². The summed E-state index contributed by atoms with van der Waals surface area (Å²) in [4.78, 5) is 36.8. The Morgan fingerprint density at radius 3 is 2.52 bits per heavy atom. The molecule has 2 amide bonds. The maximum Gasteiger partial charge on any atom is 0.251 e. The lowest BCUT2D eigenvalue weighted by atomic mass is 9.94. The second-order valence-electron chi connectivity index (χ2n) is 10.8. The summed E-state index contributed by atoms with van der Waals surface area (Å²) < 4.78 is 30.0. The van der Waals surface area contributed by atoms with E-state index in [1.54, 1.807) is 12.1 Å². The summed E-state index contributed by atoms with van der Waals surface area (Å²) >= 11 is 0. The third kappa shape index (κ3) is 5.28. The topological polar surface area (TPSA) is 99.2 Å². The number of hydrogen-bond donors (Lipinski definition) is 3. The third-order valence-corrected chi connectivity index (χ3v) is 7.87. The van der Waals surface area contributed by atoms with Gasteiger partial charge in [0.15, 0.2) is 0 Å². The monoisotopic (exact) mass is 546 g/mol. The summed E-state index contributed by atoms with van der Waals surface area (Å²) in [6.45, 7) is 4.27. The molecule has 2 fully saturated rings. The first-order valence-corrected chi connectivity index (χ1v) is 13.9. The van der Waals surface area contributed by atoms with Gasteiger partial charge in [-0.15, -0.1) is 0 Å². The van der Waals surface area contributed by atoms with Crippen LogP contribution in [0.15, 0.2) is 36.4 Å². The van der Waals surface area contributed by atoms with Gasteiger partial charge in [-0.1, -0.05) is 12.1 Å². The molecule has 6 rings (SSSR count). The van der Waals surface area contributed by atoms with E-state index >= 15 is 0 Å². The number of hydrogen-bond acceptors (Lipinski definition) is 6. The predicted octanol–water partition coefficient (Wildman–Crippen LogP) is 4.64. The van der Waals surface area contributed by atoms with E-state index in [0.29, 0.717) is 35.7 Å². The largest absolute Gasteiger partial charge is 0.352 e. The van der Waals surface area contributed by atoms with Crippen LogP contribution in [0.3, 0.4) is 0 Å². The quantitative estimate of drug-likeness (QED) is 0.399. The number of aromatic nitrogens is 2. The Bertz CT molecular complexity index is 1450. The number of piperidine rings is 1. The molecule has 0 unspecified atom stereocenters. The van der Waals surface area contributed by atoms with Gasteiger partial charge in [-0.05, 0) is 87.9 Å². The van der Waals surface area contributed by atoms with Crippen LogP contribution in [0.5, 0.6) is 0 Å². The van der Waals surface area contributed by atoms with Crippen molar-refractivity contribution in [3.05, 3.63) is 64.7 Å². The van der Waals surface area contributed by atoms with Crippen molar-refractivity contribution in [3.63, 3.8) is 0 Å². The summed E-state index contributed by atoms with van der Waals surface area (Å²) in [5, 5.41) is 9.72. The van der Waals surface area contributed by atoms with E-state index in [4.69, 9.17) is 4.98 Å². The number of nitrogens with one attached hydrogen (secondary N) is 3. The summed E-state index contributed by atoms with van der Waals surface area (Å²) in [6, 6.07) is 9.09. The second-order valence-corrected chi connectivity index (χ2v) is 10.8. The molecule has 1 saturated heterocycles. The Morgan fingerprint density at radius 2 is 1.80 bits per heavy atom. The van der Waals surface area contributed by atoms with E-state index in [1.165, 1.54) is 6.07 Å². The first kappa shape index (κ1) is 26.3. The van der Waals surface area contributed by atoms with Crippen LogP contribution in [0.2, 0.25) is 0 Å². The van der Waals surface area contributed by atoms with E-state index in [1.807, 2.05) is 13.0 Å². The van der Waals surface area contributed by atoms with Gasteiger partial charge < -0.3 is 16.0 Å². The zero-order valence-electron chi connectivity index (χ0n) is 22.4. The molecule has 2 aromatic carbocycles. The molecule has 0 bridgehead atoms. The number of carbonyl (C=O) groups excluding carboxylic acids is 2. The van der Waals surface area contributed by atoms with Gasteiger partial charge in [0.25, 0.3) is 5.91 Å². The van der Waals surface area contributed by atoms with Crippen molar-refractivity contribution in [2.45, 2.75) is 51.5 Å². The highest BCUT2D eigenvalue weighted by molar-refractivity contribution is 6.03. The lowest BCUT2D eigenvalue weighted by Crippen LogP contribution is -2.37. The number of fused-ring (bicyclic) bond motifs is 1. The van der Waals surface area contributed by atoms with Crippen molar-refractivity contribution in [2.75, 3.05) is 29.9 Å². The summed E-state index contributed by atoms with van der Waals surface area (Å²) in [6.07, 6.45) is 4.33. The van der Waals surface area contributed by atoms with Crippen LogP contribution in [0.25, 0.3) is 11.3 Å². The molecule has 1 aliphatic carbocycles. The maximum atomic E-state index is 15.0. The van der Waals surface area contributed by atoms with Crippen LogP contribution in [0, 0.1) is 24.5 Å². The van der Waals surface area contributed by atoms with Gasteiger partial charge in [0.05, 0.1) is 5.69 Å². The standard InChI is InChI=1S/C30H32F2N6O2/c1-17-5-8-19(29(40)34-16-18-6-7-18)15-22(17)26-21-9-10-25(39)38(27-23(31)3-2-4-24(27)32)28(21)37-30(36-26)35-20-11-13-33-14-12-20/h2-5,8,15,18,20,33H,6-7,9-14,16H2,1H3,(H,34,40)(H,35,36,37). The molecule has 0 radical (unpaired) electrons. The lowest BCUT2D eigenvalue weighted by Gasteiger charge is -2.31. The van der Waals surface area contributed by atoms with E-state index in [-0.39, 0.29) is 30.1 Å². The molecular weight excluding hydrogens is 514 g/mol. The van der Waals surface area contributed by atoms with Crippen molar-refractivity contribution >= 4 is 29.3 Å². The zero-order valence-corrected chi connectivity index (χ0v) is 22.4. The number of nitrogens with zero attached hydrogens (tertiary/aromatic N) is 3. The van der Waals surface area contributed by atoms with Crippen molar-refractivity contribution in [1.82, 2.24) is 20.6 Å². The zero-order chi connectivity index (χ0) is 27.8. The number of rotatable bonds is 7. The number of amides is 2. The highest BCUT2D eigenvalue weighted by Crippen LogP contribution is 2.41. The summed E-state index contributed by atoms with van der Waals surface area (Å²) in [5.74, 6) is -1.31. The number of halogens is 2. The summed E-state index contributed by atoms with van der Waals surface area (Å²) in [7, 11) is 0. The van der Waals surface area contributed by atoms with Crippen LogP contribution in [-0.2, 0) is 11.2 Å². The maximum absolute atomic E-state index is 15.0. The fraction of sp³-hybridized carbons (Fsp3) is 0.400. The van der Waals surface area contributed by atoms with E-state index < -0.39 is 23.2 Å². The smallest absolute Gasteiger partial charge is 0.251 e. The molecule has 10 heteroatoms. The number of benzene rings is 2. The Balaban J connectivity index is 1.48. The Kier molecular flexibility index (Phi) is 7.18. The van der Waals surface area contributed by atoms with Crippen molar-refractivity contribution < 1.29 is 18.4 Å². The average molecular weight is 547 g/mol. The molecule has 40 heavy (non-hydrogen) atoms. The van der Waals surface area contributed by atoms with Crippen molar-refractivity contribution in [1.29, 1.82) is 0 Å². The highest BCUT2D eigenvalue weighted by atomic mass is 19.1. The Labute approximate surface area is 231 Å². The minimum atomic E-state index is -0.847. The first-order chi connectivity index (χ1) is 19.4. The fourth-order valence-electron chi connectivity index (χ4n) is 5.40. The van der Waals surface area contributed by atoms with Gasteiger partial charge >= 0.3 is 0 Å². The minimum absolute atomic E-state index is 0.0405. The number of aryl methyl sites for hydroxylation is 1. The highest BCUT2D eigenvalue weighted by Gasteiger charge is 2.34. The van der Waals surface area contributed by atoms with Gasteiger partial charge in [-0.2, -0.15) is 4.98 Å². The molecule has 0 atom stereocenters. The molecule has 1 saturated carbocycles. The molecule has 8 nitrogen and oxygen atoms in total. The van der Waals surface area contributed by atoms with Gasteiger partial charge in [0.2, 0.25) is 11.9 Å². The van der Waals surface area contributed by atoms with Crippen LogP contribution in [0.1, 0.15) is 53.6 Å². The Hall–Kier alpha value is -3.92. The van der Waals surface area contributed by atoms with Crippen LogP contribution < -0.4 is 20.9 Å². The summed E-state index contributed by atoms with van der Waals surface area (Å²) in [5.41, 5.74) is 2.81. The average Bonchev–Trinajstić information content (AvgIpc) is 3.78. The van der Waals surface area contributed by atoms with Crippen molar-refractivity contribution in [2.24, 2.45) is 5.92 Å². The molecule has 208 valence electrons. The number of anilines is 3. The van der Waals surface area contributed by atoms with E-state index in [2.05, 4.69) is 20.9 Å². The molecule has 1 aromatic heterocycles. The molecule has 3 aromatic rings. The normalized spacial score (nSPS) is 17.5. The molecule has 2 aliphatic heterocycles. The second kappa shape index (κ2) is 10.9. The molecule has 3 aliphatic rings. The van der Waals surface area contributed by atoms with Crippen molar-refractivity contribution in [3.8, 4) is 11.3 Å². The van der Waals surface area contributed by atoms with Gasteiger partial charge in [-0.3, -0.25) is 14.5 Å². The lowest BCUT2D eigenvalue weighted by molar-refractivity contribution is -0.118. The predicted molar refractivity (Wildman–Crippen MR) is 149 cm³/mol. The van der Waals surface area contributed by atoms with Gasteiger partial charge in [-0.25, -0.2) is 13.8 Å². The fourth-order valence-corrected chi connectivity index (χ4v) is 5.40. The SMILES string of the molecule is Cc1ccc(C(=O)NCC2CC2)cc1-c1nc(NC2CCNCC2)nc2c1CCC(=O)N2c1c(F)cccc1F. The van der Waals surface area contributed by atoms with Gasteiger partial charge in [0.1, 0.15) is 23.1 Å². The van der Waals surface area contributed by atoms with Crippen LogP contribution in [-0.4, -0.2) is 47.5 Å². The van der Waals surface area contributed by atoms with Crippen LogP contribution in [0.4, 0.5) is 26.2 Å². The van der Waals surface area contributed by atoms with Gasteiger partial charge in [0, 0.05) is 35.7 Å². The number of carbonyl (C=O) groups is 2. The Morgan fingerprint density at radius 1 is 1.05 bits per heavy atom. The van der Waals surface area contributed by atoms with E-state index in [0.717, 1.165) is 66.9 Å². The third-order valence-electron chi connectivity index (χ3n) is 7.87. The number of para-hydroxylation sites is 1. The van der Waals surface area contributed by atoms with Crippen LogP contribution >= 0.6 is 0 Å². The molecule has 0 spiro atoms.